The van der Waals surface area contributed by atoms with Crippen molar-refractivity contribution in [3.05, 3.63) is 101 Å². The molecule has 2 N–H and O–H groups in total. The normalized spacial score (nSPS) is 17.9. The minimum Gasteiger partial charge on any atom is -0.506 e. The Morgan fingerprint density at radius 3 is 2.42 bits per heavy atom. The third kappa shape index (κ3) is 3.54. The number of phenols is 1. The van der Waals surface area contributed by atoms with Crippen LogP contribution in [0.2, 0.25) is 0 Å². The van der Waals surface area contributed by atoms with E-state index in [-0.39, 0.29) is 17.8 Å². The summed E-state index contributed by atoms with van der Waals surface area (Å²) in [5, 5.41) is 14.7. The van der Waals surface area contributed by atoms with Crippen LogP contribution in [0.15, 0.2) is 73.1 Å². The Bertz CT molecular complexity index is 1330. The van der Waals surface area contributed by atoms with Crippen LogP contribution in [0.1, 0.15) is 40.3 Å². The fourth-order valence-corrected chi connectivity index (χ4v) is 5.06. The molecule has 1 aromatic carbocycles. The number of nitrogens with one attached hydrogen (secondary N) is 1. The van der Waals surface area contributed by atoms with Crippen LogP contribution < -0.4 is 10.2 Å². The Labute approximate surface area is 198 Å². The number of pyridine rings is 2. The van der Waals surface area contributed by atoms with Crippen LogP contribution in [-0.2, 0) is 0 Å². The number of phenolic OH excluding ortho intramolecular Hbond substituents is 1. The van der Waals surface area contributed by atoms with Crippen LogP contribution in [0.5, 0.6) is 5.75 Å². The van der Waals surface area contributed by atoms with Gasteiger partial charge in [-0.3, -0.25) is 4.98 Å². The lowest BCUT2D eigenvalue weighted by Gasteiger charge is -2.28. The summed E-state index contributed by atoms with van der Waals surface area (Å²) in [4.78, 5) is 11.3. The minimum absolute atomic E-state index is 0.183. The van der Waals surface area contributed by atoms with Crippen LogP contribution in [-0.4, -0.2) is 24.8 Å². The average molecular weight is 456 g/mol. The molecule has 0 unspecified atom stereocenters. The number of nitrogens with zero attached hydrogens (tertiary/aromatic N) is 4. The number of aromatic nitrogens is 3. The molecule has 0 bridgehead atoms. The van der Waals surface area contributed by atoms with Crippen LogP contribution in [0.3, 0.4) is 0 Å². The molecular formula is C26H25N5OS. The van der Waals surface area contributed by atoms with Crippen molar-refractivity contribution in [2.45, 2.75) is 32.9 Å². The summed E-state index contributed by atoms with van der Waals surface area (Å²) in [7, 11) is 0. The number of anilines is 1. The van der Waals surface area contributed by atoms with Crippen molar-refractivity contribution in [3.63, 3.8) is 0 Å². The first-order valence-corrected chi connectivity index (χ1v) is 11.3. The maximum Gasteiger partial charge on any atom is 0.174 e. The molecule has 4 heterocycles. The molecule has 0 amide bonds. The number of aryl methyl sites for hydroxylation is 2. The molecule has 3 aromatic heterocycles. The van der Waals surface area contributed by atoms with E-state index in [0.717, 1.165) is 34.0 Å². The summed E-state index contributed by atoms with van der Waals surface area (Å²) in [5.74, 6) is 1.10. The van der Waals surface area contributed by atoms with Crippen molar-refractivity contribution in [1.29, 1.82) is 0 Å². The lowest BCUT2D eigenvalue weighted by atomic mass is 9.96. The Morgan fingerprint density at radius 2 is 1.70 bits per heavy atom. The number of para-hydroxylation sites is 2. The fourth-order valence-electron chi connectivity index (χ4n) is 4.72. The molecule has 7 heteroatoms. The molecular weight excluding hydrogens is 430 g/mol. The monoisotopic (exact) mass is 455 g/mol. The molecule has 0 aliphatic carbocycles. The van der Waals surface area contributed by atoms with E-state index in [2.05, 4.69) is 52.8 Å². The number of thiocarbonyl (C=S) groups is 1. The van der Waals surface area contributed by atoms with Crippen molar-refractivity contribution in [3.8, 4) is 11.6 Å². The van der Waals surface area contributed by atoms with E-state index < -0.39 is 0 Å². The molecule has 0 spiro atoms. The Morgan fingerprint density at radius 1 is 0.939 bits per heavy atom. The molecule has 5 rings (SSSR count). The summed E-state index contributed by atoms with van der Waals surface area (Å²) >= 11 is 5.79. The van der Waals surface area contributed by atoms with E-state index >= 15 is 0 Å². The van der Waals surface area contributed by atoms with Gasteiger partial charge in [0, 0.05) is 23.8 Å². The lowest BCUT2D eigenvalue weighted by Crippen LogP contribution is -2.29. The molecule has 1 saturated heterocycles. The molecule has 2 atom stereocenters. The highest BCUT2D eigenvalue weighted by Crippen LogP contribution is 2.45. The predicted octanol–water partition coefficient (Wildman–Crippen LogP) is 5.08. The third-order valence-electron chi connectivity index (χ3n) is 6.22. The topological polar surface area (TPSA) is 66.2 Å². The molecule has 1 aliphatic heterocycles. The van der Waals surface area contributed by atoms with E-state index in [1.54, 1.807) is 12.3 Å². The van der Waals surface area contributed by atoms with Gasteiger partial charge in [0.05, 0.1) is 23.5 Å². The maximum atomic E-state index is 10.7. The van der Waals surface area contributed by atoms with Crippen molar-refractivity contribution in [2.24, 2.45) is 0 Å². The van der Waals surface area contributed by atoms with E-state index in [0.29, 0.717) is 10.8 Å². The SMILES string of the molecule is Cc1cccnc1-n1c(C)cc([C@@H]2[C@H](c3ccccn3)NC(=S)N2c2ccccc2O)c1C. The highest BCUT2D eigenvalue weighted by atomic mass is 32.1. The quantitative estimate of drug-likeness (QED) is 0.419. The van der Waals surface area contributed by atoms with Gasteiger partial charge in [-0.2, -0.15) is 0 Å². The number of aromatic hydroxyl groups is 1. The van der Waals surface area contributed by atoms with Gasteiger partial charge in [-0.15, -0.1) is 0 Å². The zero-order chi connectivity index (χ0) is 23.1. The predicted molar refractivity (Wildman–Crippen MR) is 134 cm³/mol. The van der Waals surface area contributed by atoms with Gasteiger partial charge in [0.1, 0.15) is 11.6 Å². The highest BCUT2D eigenvalue weighted by molar-refractivity contribution is 7.80. The van der Waals surface area contributed by atoms with Crippen molar-refractivity contribution in [2.75, 3.05) is 4.90 Å². The smallest absolute Gasteiger partial charge is 0.174 e. The number of benzene rings is 1. The van der Waals surface area contributed by atoms with Crippen molar-refractivity contribution in [1.82, 2.24) is 19.9 Å². The largest absolute Gasteiger partial charge is 0.506 e. The first-order valence-electron chi connectivity index (χ1n) is 10.9. The summed E-state index contributed by atoms with van der Waals surface area (Å²) < 4.78 is 2.19. The van der Waals surface area contributed by atoms with Crippen molar-refractivity contribution < 1.29 is 5.11 Å². The molecule has 6 nitrogen and oxygen atoms in total. The lowest BCUT2D eigenvalue weighted by molar-refractivity contribution is 0.472. The van der Waals surface area contributed by atoms with E-state index in [1.165, 1.54) is 0 Å². The second-order valence-corrected chi connectivity index (χ2v) is 8.68. The van der Waals surface area contributed by atoms with Gasteiger partial charge in [0.25, 0.3) is 0 Å². The second kappa shape index (κ2) is 8.33. The highest BCUT2D eigenvalue weighted by Gasteiger charge is 2.43. The second-order valence-electron chi connectivity index (χ2n) is 8.29. The Kier molecular flexibility index (Phi) is 5.34. The van der Waals surface area contributed by atoms with Gasteiger partial charge in [0.2, 0.25) is 0 Å². The molecule has 1 aliphatic rings. The molecule has 1 fully saturated rings. The summed E-state index contributed by atoms with van der Waals surface area (Å²) in [6, 6.07) is 19.0. The van der Waals surface area contributed by atoms with Crippen LogP contribution >= 0.6 is 12.2 Å². The van der Waals surface area contributed by atoms with Gasteiger partial charge in [-0.05, 0) is 80.5 Å². The van der Waals surface area contributed by atoms with Gasteiger partial charge in [0.15, 0.2) is 5.11 Å². The standard InChI is InChI=1S/C26H25N5OS/c1-16-9-8-14-28-25(16)30-17(2)15-19(18(30)3)24-23(20-10-6-7-13-27-20)29-26(33)31(24)21-11-4-5-12-22(21)32/h4-15,23-24,32H,1-3H3,(H,29,33)/t23-,24+/m0/s1. The van der Waals surface area contributed by atoms with Crippen LogP contribution in [0.4, 0.5) is 5.69 Å². The molecule has 4 aromatic rings. The Hall–Kier alpha value is -3.71. The minimum atomic E-state index is -0.204. The number of hydrogen-bond donors (Lipinski definition) is 2. The van der Waals surface area contributed by atoms with Gasteiger partial charge >= 0.3 is 0 Å². The number of hydrogen-bond acceptors (Lipinski definition) is 4. The van der Waals surface area contributed by atoms with E-state index in [9.17, 15) is 5.11 Å². The average Bonchev–Trinajstić information content (AvgIpc) is 3.30. The summed E-state index contributed by atoms with van der Waals surface area (Å²) in [5.41, 5.74) is 5.92. The maximum absolute atomic E-state index is 10.7. The fraction of sp³-hybridized carbons (Fsp3) is 0.192. The van der Waals surface area contributed by atoms with Crippen LogP contribution in [0, 0.1) is 20.8 Å². The molecule has 0 saturated carbocycles. The summed E-state index contributed by atoms with van der Waals surface area (Å²) in [6.07, 6.45) is 3.61. The molecule has 166 valence electrons. The summed E-state index contributed by atoms with van der Waals surface area (Å²) in [6.45, 7) is 6.26. The third-order valence-corrected chi connectivity index (χ3v) is 6.54. The first-order chi connectivity index (χ1) is 16.0. The molecule has 0 radical (unpaired) electrons. The van der Waals surface area contributed by atoms with Gasteiger partial charge in [-0.25, -0.2) is 4.98 Å². The first kappa shape index (κ1) is 21.2. The van der Waals surface area contributed by atoms with Gasteiger partial charge in [-0.1, -0.05) is 24.3 Å². The number of rotatable bonds is 4. The van der Waals surface area contributed by atoms with E-state index in [4.69, 9.17) is 12.2 Å². The van der Waals surface area contributed by atoms with Crippen LogP contribution in [0.25, 0.3) is 5.82 Å². The zero-order valence-electron chi connectivity index (χ0n) is 18.7. The molecule has 33 heavy (non-hydrogen) atoms. The zero-order valence-corrected chi connectivity index (χ0v) is 19.5. The van der Waals surface area contributed by atoms with E-state index in [1.807, 2.05) is 53.6 Å². The Balaban J connectivity index is 1.71. The van der Waals surface area contributed by atoms with Crippen molar-refractivity contribution >= 4 is 23.0 Å². The van der Waals surface area contributed by atoms with Gasteiger partial charge < -0.3 is 19.9 Å².